The van der Waals surface area contributed by atoms with Crippen molar-refractivity contribution in [3.8, 4) is 0 Å². The summed E-state index contributed by atoms with van der Waals surface area (Å²) in [6.07, 6.45) is 0.663. The SMILES string of the molecule is O=C(NCc1ccc(Cl)cc1)Nc1ccc([C@@H]2CCS(=O)(=O)C2)cc1. The van der Waals surface area contributed by atoms with E-state index in [0.717, 1.165) is 11.1 Å². The molecule has 2 aromatic rings. The van der Waals surface area contributed by atoms with Crippen molar-refractivity contribution in [1.29, 1.82) is 0 Å². The highest BCUT2D eigenvalue weighted by atomic mass is 35.5. The number of halogens is 1. The Hall–Kier alpha value is -2.05. The molecule has 0 aromatic heterocycles. The number of anilines is 1. The Kier molecular flexibility index (Phi) is 5.30. The number of amides is 2. The van der Waals surface area contributed by atoms with Crippen LogP contribution in [0.2, 0.25) is 5.02 Å². The highest BCUT2D eigenvalue weighted by Crippen LogP contribution is 2.29. The molecule has 0 unspecified atom stereocenters. The van der Waals surface area contributed by atoms with E-state index in [0.29, 0.717) is 23.7 Å². The molecule has 132 valence electrons. The Morgan fingerprint density at radius 2 is 1.76 bits per heavy atom. The van der Waals surface area contributed by atoms with Crippen LogP contribution < -0.4 is 10.6 Å². The summed E-state index contributed by atoms with van der Waals surface area (Å²) in [5, 5.41) is 6.19. The van der Waals surface area contributed by atoms with Gasteiger partial charge in [0.25, 0.3) is 0 Å². The van der Waals surface area contributed by atoms with Gasteiger partial charge in [-0.15, -0.1) is 0 Å². The quantitative estimate of drug-likeness (QED) is 0.854. The third-order valence-electron chi connectivity index (χ3n) is 4.24. The number of nitrogens with one attached hydrogen (secondary N) is 2. The molecular formula is C18H19ClN2O3S. The van der Waals surface area contributed by atoms with Crippen LogP contribution >= 0.6 is 11.6 Å². The number of rotatable bonds is 4. The molecule has 1 fully saturated rings. The van der Waals surface area contributed by atoms with E-state index in [-0.39, 0.29) is 23.5 Å². The Balaban J connectivity index is 1.52. The fraction of sp³-hybridized carbons (Fsp3) is 0.278. The lowest BCUT2D eigenvalue weighted by Gasteiger charge is -2.11. The number of hydrogen-bond donors (Lipinski definition) is 2. The number of sulfone groups is 1. The van der Waals surface area contributed by atoms with Crippen LogP contribution in [0, 0.1) is 0 Å². The minimum Gasteiger partial charge on any atom is -0.334 e. The van der Waals surface area contributed by atoms with E-state index in [1.807, 2.05) is 24.3 Å². The molecule has 2 aromatic carbocycles. The van der Waals surface area contributed by atoms with E-state index in [4.69, 9.17) is 11.6 Å². The zero-order valence-electron chi connectivity index (χ0n) is 13.5. The molecule has 7 heteroatoms. The van der Waals surface area contributed by atoms with Crippen molar-refractivity contribution in [3.05, 3.63) is 64.7 Å². The number of carbonyl (C=O) groups is 1. The Bertz CT molecular complexity index is 849. The van der Waals surface area contributed by atoms with Gasteiger partial charge in [-0.3, -0.25) is 0 Å². The van der Waals surface area contributed by atoms with Crippen LogP contribution in [0.15, 0.2) is 48.5 Å². The van der Waals surface area contributed by atoms with Gasteiger partial charge in [0.1, 0.15) is 0 Å². The van der Waals surface area contributed by atoms with Gasteiger partial charge in [-0.05, 0) is 47.7 Å². The van der Waals surface area contributed by atoms with Crippen LogP contribution in [0.4, 0.5) is 10.5 Å². The Morgan fingerprint density at radius 1 is 1.08 bits per heavy atom. The summed E-state index contributed by atoms with van der Waals surface area (Å²) in [7, 11) is -2.90. The zero-order valence-corrected chi connectivity index (χ0v) is 15.1. The van der Waals surface area contributed by atoms with Crippen molar-refractivity contribution < 1.29 is 13.2 Å². The standard InChI is InChI=1S/C18H19ClN2O3S/c19-16-5-1-13(2-6-16)11-20-18(22)21-17-7-3-14(4-8-17)15-9-10-25(23,24)12-15/h1-8,15H,9-12H2,(H2,20,21,22)/t15-/m1/s1. The average Bonchev–Trinajstić information content (AvgIpc) is 2.95. The first-order valence-electron chi connectivity index (χ1n) is 8.01. The fourth-order valence-electron chi connectivity index (χ4n) is 2.86. The van der Waals surface area contributed by atoms with E-state index < -0.39 is 9.84 Å². The molecule has 0 spiro atoms. The van der Waals surface area contributed by atoms with Crippen molar-refractivity contribution in [2.45, 2.75) is 18.9 Å². The zero-order chi connectivity index (χ0) is 17.9. The molecule has 5 nitrogen and oxygen atoms in total. The van der Waals surface area contributed by atoms with Crippen molar-refractivity contribution in [2.75, 3.05) is 16.8 Å². The molecule has 0 bridgehead atoms. The van der Waals surface area contributed by atoms with Gasteiger partial charge in [-0.25, -0.2) is 13.2 Å². The second kappa shape index (κ2) is 7.45. The minimum atomic E-state index is -2.90. The van der Waals surface area contributed by atoms with E-state index in [2.05, 4.69) is 10.6 Å². The van der Waals surface area contributed by atoms with E-state index >= 15 is 0 Å². The molecule has 1 atom stereocenters. The van der Waals surface area contributed by atoms with Gasteiger partial charge in [0, 0.05) is 17.3 Å². The first-order chi connectivity index (χ1) is 11.9. The number of urea groups is 1. The molecule has 25 heavy (non-hydrogen) atoms. The smallest absolute Gasteiger partial charge is 0.319 e. The highest BCUT2D eigenvalue weighted by Gasteiger charge is 2.28. The minimum absolute atomic E-state index is 0.0535. The first kappa shape index (κ1) is 17.8. The predicted molar refractivity (Wildman–Crippen MR) is 99.8 cm³/mol. The summed E-state index contributed by atoms with van der Waals surface area (Å²) >= 11 is 5.82. The number of benzene rings is 2. The molecule has 0 radical (unpaired) electrons. The largest absolute Gasteiger partial charge is 0.334 e. The van der Waals surface area contributed by atoms with Gasteiger partial charge in [-0.2, -0.15) is 0 Å². The van der Waals surface area contributed by atoms with Crippen molar-refractivity contribution >= 4 is 33.2 Å². The fourth-order valence-corrected chi connectivity index (χ4v) is 4.76. The molecule has 1 aliphatic rings. The molecule has 1 heterocycles. The van der Waals surface area contributed by atoms with E-state index in [1.165, 1.54) is 0 Å². The summed E-state index contributed by atoms with van der Waals surface area (Å²) in [5.74, 6) is 0.518. The maximum Gasteiger partial charge on any atom is 0.319 e. The maximum atomic E-state index is 12.0. The van der Waals surface area contributed by atoms with Crippen LogP contribution in [0.3, 0.4) is 0 Å². The van der Waals surface area contributed by atoms with Crippen LogP contribution in [0.5, 0.6) is 0 Å². The van der Waals surface area contributed by atoms with Crippen molar-refractivity contribution in [3.63, 3.8) is 0 Å². The van der Waals surface area contributed by atoms with Crippen LogP contribution in [-0.4, -0.2) is 26.0 Å². The molecule has 2 amide bonds. The Morgan fingerprint density at radius 3 is 2.36 bits per heavy atom. The third-order valence-corrected chi connectivity index (χ3v) is 6.26. The lowest BCUT2D eigenvalue weighted by molar-refractivity contribution is 0.251. The summed E-state index contributed by atoms with van der Waals surface area (Å²) < 4.78 is 23.1. The van der Waals surface area contributed by atoms with Crippen molar-refractivity contribution in [1.82, 2.24) is 5.32 Å². The van der Waals surface area contributed by atoms with E-state index in [9.17, 15) is 13.2 Å². The first-order valence-corrected chi connectivity index (χ1v) is 10.2. The average molecular weight is 379 g/mol. The monoisotopic (exact) mass is 378 g/mol. The summed E-state index contributed by atoms with van der Waals surface area (Å²) in [4.78, 5) is 12.0. The van der Waals surface area contributed by atoms with Gasteiger partial charge in [-0.1, -0.05) is 35.9 Å². The number of hydrogen-bond acceptors (Lipinski definition) is 3. The molecule has 0 aliphatic carbocycles. The van der Waals surface area contributed by atoms with Crippen molar-refractivity contribution in [2.24, 2.45) is 0 Å². The van der Waals surface area contributed by atoms with Gasteiger partial charge in [0.15, 0.2) is 9.84 Å². The van der Waals surface area contributed by atoms with Gasteiger partial charge in [0.05, 0.1) is 11.5 Å². The van der Waals surface area contributed by atoms with Gasteiger partial charge in [0.2, 0.25) is 0 Å². The summed E-state index contributed by atoms with van der Waals surface area (Å²) in [6.45, 7) is 0.404. The summed E-state index contributed by atoms with van der Waals surface area (Å²) in [5.41, 5.74) is 2.61. The normalized spacial score (nSPS) is 18.7. The topological polar surface area (TPSA) is 75.3 Å². The van der Waals surface area contributed by atoms with Crippen LogP contribution in [0.1, 0.15) is 23.5 Å². The molecule has 1 saturated heterocycles. The molecular weight excluding hydrogens is 360 g/mol. The molecule has 0 saturated carbocycles. The predicted octanol–water partition coefficient (Wildman–Crippen LogP) is 3.56. The van der Waals surface area contributed by atoms with Gasteiger partial charge < -0.3 is 10.6 Å². The summed E-state index contributed by atoms with van der Waals surface area (Å²) in [6, 6.07) is 14.3. The third kappa shape index (κ3) is 4.96. The van der Waals surface area contributed by atoms with Crippen LogP contribution in [-0.2, 0) is 16.4 Å². The second-order valence-electron chi connectivity index (χ2n) is 6.16. The van der Waals surface area contributed by atoms with Crippen LogP contribution in [0.25, 0.3) is 0 Å². The molecule has 3 rings (SSSR count). The number of carbonyl (C=O) groups excluding carboxylic acids is 1. The second-order valence-corrected chi connectivity index (χ2v) is 8.82. The van der Waals surface area contributed by atoms with Gasteiger partial charge >= 0.3 is 6.03 Å². The highest BCUT2D eigenvalue weighted by molar-refractivity contribution is 7.91. The Labute approximate surface area is 152 Å². The van der Waals surface area contributed by atoms with E-state index in [1.54, 1.807) is 24.3 Å². The lowest BCUT2D eigenvalue weighted by atomic mass is 9.99. The molecule has 1 aliphatic heterocycles. The maximum absolute atomic E-state index is 12.0. The molecule has 2 N–H and O–H groups in total. The lowest BCUT2D eigenvalue weighted by Crippen LogP contribution is -2.28.